The molecule has 2 aromatic heterocycles. The molecule has 4 rings (SSSR count). The van der Waals surface area contributed by atoms with Crippen molar-refractivity contribution in [3.05, 3.63) is 46.8 Å². The molecule has 0 radical (unpaired) electrons. The summed E-state index contributed by atoms with van der Waals surface area (Å²) in [6, 6.07) is 8.84. The minimum Gasteiger partial charge on any atom is -0.362 e. The first-order chi connectivity index (χ1) is 11.2. The van der Waals surface area contributed by atoms with Crippen molar-refractivity contribution >= 4 is 32.8 Å². The van der Waals surface area contributed by atoms with E-state index in [9.17, 15) is 0 Å². The van der Waals surface area contributed by atoms with Crippen LogP contribution in [0.25, 0.3) is 11.0 Å². The fraction of sp³-hybridized carbons (Fsp3) is 0.353. The number of anilines is 1. The fourth-order valence-corrected chi connectivity index (χ4v) is 3.41. The summed E-state index contributed by atoms with van der Waals surface area (Å²) in [5.74, 6) is 1.51. The summed E-state index contributed by atoms with van der Waals surface area (Å²) in [5.41, 5.74) is 2.15. The smallest absolute Gasteiger partial charge is 0.163 e. The lowest BCUT2D eigenvalue weighted by Crippen LogP contribution is -2.26. The van der Waals surface area contributed by atoms with Crippen LogP contribution >= 0.6 is 15.9 Å². The molecule has 3 aromatic rings. The van der Waals surface area contributed by atoms with Crippen molar-refractivity contribution in [3.8, 4) is 0 Å². The van der Waals surface area contributed by atoms with Gasteiger partial charge in [-0.05, 0) is 36.5 Å². The largest absolute Gasteiger partial charge is 0.362 e. The highest BCUT2D eigenvalue weighted by Gasteiger charge is 2.29. The van der Waals surface area contributed by atoms with Crippen LogP contribution in [0, 0.1) is 5.92 Å². The van der Waals surface area contributed by atoms with Crippen LogP contribution in [0.5, 0.6) is 0 Å². The van der Waals surface area contributed by atoms with E-state index in [2.05, 4.69) is 60.6 Å². The average molecular weight is 372 g/mol. The van der Waals surface area contributed by atoms with Crippen LogP contribution in [0.2, 0.25) is 0 Å². The zero-order chi connectivity index (χ0) is 15.8. The Labute approximate surface area is 143 Å². The first-order valence-electron chi connectivity index (χ1n) is 7.87. The van der Waals surface area contributed by atoms with E-state index in [-0.39, 0.29) is 6.04 Å². The molecule has 0 bridgehead atoms. The summed E-state index contributed by atoms with van der Waals surface area (Å²) in [5, 5.41) is 8.92. The highest BCUT2D eigenvalue weighted by Crippen LogP contribution is 2.40. The molecular formula is C17H18BrN5. The molecule has 0 spiro atoms. The van der Waals surface area contributed by atoms with E-state index in [4.69, 9.17) is 0 Å². The molecule has 1 saturated carbocycles. The molecular weight excluding hydrogens is 354 g/mol. The lowest BCUT2D eigenvalue weighted by Gasteiger charge is -2.35. The lowest BCUT2D eigenvalue weighted by molar-refractivity contribution is 0.277. The maximum Gasteiger partial charge on any atom is 0.163 e. The number of aryl methyl sites for hydroxylation is 1. The van der Waals surface area contributed by atoms with Gasteiger partial charge in [-0.25, -0.2) is 9.97 Å². The number of fused-ring (bicyclic) bond motifs is 1. The second-order valence-corrected chi connectivity index (χ2v) is 7.01. The first-order valence-corrected chi connectivity index (χ1v) is 8.66. The third-order valence-corrected chi connectivity index (χ3v) is 5.20. The topological polar surface area (TPSA) is 55.6 Å². The monoisotopic (exact) mass is 371 g/mol. The molecule has 0 unspecified atom stereocenters. The number of hydrogen-bond acceptors (Lipinski definition) is 4. The zero-order valence-corrected chi connectivity index (χ0v) is 14.5. The van der Waals surface area contributed by atoms with Crippen molar-refractivity contribution in [2.45, 2.75) is 25.3 Å². The van der Waals surface area contributed by atoms with Crippen LogP contribution in [-0.2, 0) is 7.05 Å². The first kappa shape index (κ1) is 14.6. The molecule has 1 aliphatic rings. The van der Waals surface area contributed by atoms with Crippen LogP contribution in [0.4, 0.5) is 5.82 Å². The zero-order valence-electron chi connectivity index (χ0n) is 12.9. The number of halogens is 1. The van der Waals surface area contributed by atoms with Crippen molar-refractivity contribution in [3.63, 3.8) is 0 Å². The van der Waals surface area contributed by atoms with Crippen molar-refractivity contribution in [2.75, 3.05) is 5.32 Å². The standard InChI is InChI=1S/C17H18BrN5/c1-23-17-14(9-21-23)16(19-10-20-17)22-15(11-3-2-4-11)12-5-7-13(18)8-6-12/h5-11,15H,2-4H2,1H3,(H,19,20,22)/t15-/m1/s1. The van der Waals surface area contributed by atoms with E-state index in [0.29, 0.717) is 5.92 Å². The number of hydrogen-bond donors (Lipinski definition) is 1. The summed E-state index contributed by atoms with van der Waals surface area (Å²) in [7, 11) is 1.90. The van der Waals surface area contributed by atoms with Crippen LogP contribution in [0.1, 0.15) is 30.9 Å². The molecule has 0 saturated heterocycles. The maximum atomic E-state index is 4.46. The Morgan fingerprint density at radius 1 is 1.22 bits per heavy atom. The van der Waals surface area contributed by atoms with Gasteiger partial charge in [0.05, 0.1) is 17.6 Å². The van der Waals surface area contributed by atoms with Crippen molar-refractivity contribution in [1.29, 1.82) is 0 Å². The second-order valence-electron chi connectivity index (χ2n) is 6.09. The highest BCUT2D eigenvalue weighted by molar-refractivity contribution is 9.10. The highest BCUT2D eigenvalue weighted by atomic mass is 79.9. The average Bonchev–Trinajstić information content (AvgIpc) is 2.88. The van der Waals surface area contributed by atoms with Gasteiger partial charge in [-0.1, -0.05) is 34.5 Å². The summed E-state index contributed by atoms with van der Waals surface area (Å²) >= 11 is 3.51. The van der Waals surface area contributed by atoms with E-state index in [1.54, 1.807) is 11.0 Å². The van der Waals surface area contributed by atoms with Crippen molar-refractivity contribution < 1.29 is 0 Å². The van der Waals surface area contributed by atoms with Crippen molar-refractivity contribution in [1.82, 2.24) is 19.7 Å². The minimum absolute atomic E-state index is 0.273. The number of benzene rings is 1. The van der Waals surface area contributed by atoms with E-state index in [0.717, 1.165) is 21.3 Å². The predicted octanol–water partition coefficient (Wildman–Crippen LogP) is 4.08. The van der Waals surface area contributed by atoms with Gasteiger partial charge in [-0.15, -0.1) is 0 Å². The normalized spacial score (nSPS) is 16.3. The number of nitrogens with one attached hydrogen (secondary N) is 1. The summed E-state index contributed by atoms with van der Waals surface area (Å²) in [4.78, 5) is 8.77. The van der Waals surface area contributed by atoms with E-state index >= 15 is 0 Å². The van der Waals surface area contributed by atoms with Gasteiger partial charge < -0.3 is 5.32 Å². The molecule has 1 N–H and O–H groups in total. The predicted molar refractivity (Wildman–Crippen MR) is 94.2 cm³/mol. The van der Waals surface area contributed by atoms with Gasteiger partial charge in [-0.3, -0.25) is 4.68 Å². The van der Waals surface area contributed by atoms with Crippen LogP contribution in [-0.4, -0.2) is 19.7 Å². The van der Waals surface area contributed by atoms with Crippen LogP contribution < -0.4 is 5.32 Å². The Bertz CT molecular complexity index is 823. The third-order valence-electron chi connectivity index (χ3n) is 4.67. The minimum atomic E-state index is 0.273. The maximum absolute atomic E-state index is 4.46. The summed E-state index contributed by atoms with van der Waals surface area (Å²) in [6.45, 7) is 0. The molecule has 1 atom stereocenters. The van der Waals surface area contributed by atoms with E-state index in [1.807, 2.05) is 13.2 Å². The Morgan fingerprint density at radius 2 is 2.00 bits per heavy atom. The number of nitrogens with zero attached hydrogens (tertiary/aromatic N) is 4. The lowest BCUT2D eigenvalue weighted by atomic mass is 9.77. The molecule has 1 fully saturated rings. The fourth-order valence-electron chi connectivity index (χ4n) is 3.14. The molecule has 0 aliphatic heterocycles. The van der Waals surface area contributed by atoms with E-state index in [1.165, 1.54) is 24.8 Å². The molecule has 1 aromatic carbocycles. The number of rotatable bonds is 4. The van der Waals surface area contributed by atoms with Gasteiger partial charge >= 0.3 is 0 Å². The summed E-state index contributed by atoms with van der Waals surface area (Å²) < 4.78 is 2.88. The number of aromatic nitrogens is 4. The van der Waals surface area contributed by atoms with Gasteiger partial charge in [0.15, 0.2) is 5.65 Å². The van der Waals surface area contributed by atoms with Gasteiger partial charge in [0.25, 0.3) is 0 Å². The molecule has 2 heterocycles. The Kier molecular flexibility index (Phi) is 3.77. The third kappa shape index (κ3) is 2.72. The quantitative estimate of drug-likeness (QED) is 0.750. The summed E-state index contributed by atoms with van der Waals surface area (Å²) in [6.07, 6.45) is 7.26. The van der Waals surface area contributed by atoms with Gasteiger partial charge in [0.1, 0.15) is 12.1 Å². The van der Waals surface area contributed by atoms with Gasteiger partial charge in [0, 0.05) is 11.5 Å². The van der Waals surface area contributed by atoms with Crippen LogP contribution in [0.15, 0.2) is 41.3 Å². The van der Waals surface area contributed by atoms with E-state index < -0.39 is 0 Å². The van der Waals surface area contributed by atoms with Crippen LogP contribution in [0.3, 0.4) is 0 Å². The molecule has 118 valence electrons. The molecule has 6 heteroatoms. The SMILES string of the molecule is Cn1ncc2c(N[C@@H](c3ccc(Br)cc3)C3CCC3)ncnc21. The molecule has 5 nitrogen and oxygen atoms in total. The molecule has 23 heavy (non-hydrogen) atoms. The Morgan fingerprint density at radius 3 is 2.70 bits per heavy atom. The molecule has 1 aliphatic carbocycles. The van der Waals surface area contributed by atoms with Gasteiger partial charge in [0.2, 0.25) is 0 Å². The Hall–Kier alpha value is -1.95. The molecule has 0 amide bonds. The second kappa shape index (κ2) is 5.92. The Balaban J connectivity index is 1.70. The van der Waals surface area contributed by atoms with Gasteiger partial charge in [-0.2, -0.15) is 5.10 Å². The van der Waals surface area contributed by atoms with Crippen molar-refractivity contribution in [2.24, 2.45) is 13.0 Å².